The lowest BCUT2D eigenvalue weighted by Crippen LogP contribution is -2.10. The first-order valence-electron chi connectivity index (χ1n) is 6.89. The molecule has 3 aromatic rings. The highest BCUT2D eigenvalue weighted by Gasteiger charge is 2.18. The second-order valence-corrected chi connectivity index (χ2v) is 5.93. The van der Waals surface area contributed by atoms with Crippen LogP contribution in [0.1, 0.15) is 17.3 Å². The summed E-state index contributed by atoms with van der Waals surface area (Å²) < 4.78 is 11.3. The average Bonchev–Trinajstić information content (AvgIpc) is 2.53. The molecule has 0 saturated carbocycles. The molecular formula is C17H14BrNO4. The van der Waals surface area contributed by atoms with E-state index in [1.54, 1.807) is 24.3 Å². The molecule has 6 heteroatoms. The number of rotatable bonds is 3. The van der Waals surface area contributed by atoms with Crippen molar-refractivity contribution in [2.75, 3.05) is 14.2 Å². The number of benzene rings is 2. The summed E-state index contributed by atoms with van der Waals surface area (Å²) in [6.45, 7) is 1.47. The predicted octanol–water partition coefficient (Wildman–Crippen LogP) is 3.66. The largest absolute Gasteiger partial charge is 0.496 e. The van der Waals surface area contributed by atoms with E-state index in [-0.39, 0.29) is 11.2 Å². The Kier molecular flexibility index (Phi) is 3.85. The number of fused-ring (bicyclic) bond motifs is 2. The Bertz CT molecular complexity index is 1010. The van der Waals surface area contributed by atoms with Gasteiger partial charge in [-0.25, -0.2) is 0 Å². The van der Waals surface area contributed by atoms with Crippen LogP contribution in [0.5, 0.6) is 11.5 Å². The molecule has 118 valence electrons. The van der Waals surface area contributed by atoms with Crippen molar-refractivity contribution in [1.82, 2.24) is 4.98 Å². The molecule has 0 aliphatic carbocycles. The number of aromatic amines is 1. The fourth-order valence-corrected chi connectivity index (χ4v) is 3.24. The van der Waals surface area contributed by atoms with Crippen LogP contribution in [0, 0.1) is 0 Å². The fourth-order valence-electron chi connectivity index (χ4n) is 2.73. The minimum Gasteiger partial charge on any atom is -0.496 e. The molecule has 0 amide bonds. The van der Waals surface area contributed by atoms with Crippen molar-refractivity contribution in [2.24, 2.45) is 0 Å². The third-order valence-electron chi connectivity index (χ3n) is 3.81. The Hall–Kier alpha value is -2.34. The van der Waals surface area contributed by atoms with Crippen LogP contribution >= 0.6 is 15.9 Å². The first-order chi connectivity index (χ1) is 11.0. The van der Waals surface area contributed by atoms with Crippen LogP contribution in [-0.2, 0) is 0 Å². The molecule has 23 heavy (non-hydrogen) atoms. The zero-order chi connectivity index (χ0) is 16.7. The summed E-state index contributed by atoms with van der Waals surface area (Å²) in [6.07, 6.45) is 0. The normalized spacial score (nSPS) is 11.0. The molecule has 0 fully saturated rings. The van der Waals surface area contributed by atoms with E-state index < -0.39 is 0 Å². The van der Waals surface area contributed by atoms with Gasteiger partial charge in [0.05, 0.1) is 36.0 Å². The summed E-state index contributed by atoms with van der Waals surface area (Å²) in [7, 11) is 3.03. The average molecular weight is 376 g/mol. The van der Waals surface area contributed by atoms with Crippen LogP contribution in [-0.4, -0.2) is 25.0 Å². The topological polar surface area (TPSA) is 68.4 Å². The zero-order valence-electron chi connectivity index (χ0n) is 12.8. The van der Waals surface area contributed by atoms with E-state index >= 15 is 0 Å². The summed E-state index contributed by atoms with van der Waals surface area (Å²) >= 11 is 3.40. The van der Waals surface area contributed by atoms with E-state index in [0.29, 0.717) is 43.3 Å². The van der Waals surface area contributed by atoms with Crippen molar-refractivity contribution in [3.8, 4) is 11.5 Å². The quantitative estimate of drug-likeness (QED) is 0.560. The molecular weight excluding hydrogens is 362 g/mol. The van der Waals surface area contributed by atoms with Crippen LogP contribution in [0.15, 0.2) is 33.5 Å². The maximum Gasteiger partial charge on any atom is 0.202 e. The second kappa shape index (κ2) is 5.70. The molecule has 0 spiro atoms. The molecule has 2 aromatic carbocycles. The molecule has 0 radical (unpaired) electrons. The van der Waals surface area contributed by atoms with Crippen LogP contribution < -0.4 is 14.9 Å². The number of pyridine rings is 1. The van der Waals surface area contributed by atoms with Gasteiger partial charge >= 0.3 is 0 Å². The van der Waals surface area contributed by atoms with Gasteiger partial charge in [-0.15, -0.1) is 0 Å². The third-order valence-corrected chi connectivity index (χ3v) is 4.47. The van der Waals surface area contributed by atoms with Crippen LogP contribution in [0.2, 0.25) is 0 Å². The van der Waals surface area contributed by atoms with Gasteiger partial charge in [0.1, 0.15) is 11.5 Å². The van der Waals surface area contributed by atoms with Crippen molar-refractivity contribution < 1.29 is 14.3 Å². The van der Waals surface area contributed by atoms with Crippen molar-refractivity contribution in [2.45, 2.75) is 6.92 Å². The summed E-state index contributed by atoms with van der Waals surface area (Å²) in [5.74, 6) is 0.831. The summed E-state index contributed by atoms with van der Waals surface area (Å²) in [5, 5.41) is 0.803. The van der Waals surface area contributed by atoms with Gasteiger partial charge in [-0.2, -0.15) is 0 Å². The number of carbonyl (C=O) groups is 1. The Balaban J connectivity index is 2.65. The van der Waals surface area contributed by atoms with Crippen molar-refractivity contribution >= 4 is 43.5 Å². The highest BCUT2D eigenvalue weighted by atomic mass is 79.9. The van der Waals surface area contributed by atoms with Gasteiger partial charge in [-0.1, -0.05) is 0 Å². The fraction of sp³-hybridized carbons (Fsp3) is 0.176. The number of hydrogen-bond acceptors (Lipinski definition) is 4. The van der Waals surface area contributed by atoms with Crippen molar-refractivity contribution in [3.63, 3.8) is 0 Å². The van der Waals surface area contributed by atoms with E-state index in [1.165, 1.54) is 21.1 Å². The number of nitrogens with one attached hydrogen (secondary N) is 1. The van der Waals surface area contributed by atoms with Crippen LogP contribution in [0.4, 0.5) is 0 Å². The smallest absolute Gasteiger partial charge is 0.202 e. The van der Waals surface area contributed by atoms with E-state index in [9.17, 15) is 9.59 Å². The van der Waals surface area contributed by atoms with E-state index in [4.69, 9.17) is 9.47 Å². The summed E-state index contributed by atoms with van der Waals surface area (Å²) in [4.78, 5) is 28.1. The van der Waals surface area contributed by atoms with Gasteiger partial charge in [0.25, 0.3) is 0 Å². The Morgan fingerprint density at radius 1 is 1.00 bits per heavy atom. The Labute approximate surface area is 140 Å². The van der Waals surface area contributed by atoms with Crippen molar-refractivity contribution in [3.05, 3.63) is 44.5 Å². The number of carbonyl (C=O) groups excluding carboxylic acids is 1. The number of aromatic nitrogens is 1. The van der Waals surface area contributed by atoms with Gasteiger partial charge in [-0.3, -0.25) is 9.59 Å². The minimum absolute atomic E-state index is 0.126. The number of hydrogen-bond donors (Lipinski definition) is 1. The highest BCUT2D eigenvalue weighted by Crippen LogP contribution is 2.33. The third kappa shape index (κ3) is 2.30. The predicted molar refractivity (Wildman–Crippen MR) is 92.9 cm³/mol. The number of ketones is 1. The first-order valence-corrected chi connectivity index (χ1v) is 7.69. The molecule has 1 aromatic heterocycles. The van der Waals surface area contributed by atoms with E-state index in [0.717, 1.165) is 0 Å². The number of methoxy groups -OCH3 is 2. The van der Waals surface area contributed by atoms with Crippen molar-refractivity contribution in [1.29, 1.82) is 0 Å². The summed E-state index contributed by atoms with van der Waals surface area (Å²) in [6, 6.07) is 6.79. The number of H-pyrrole nitrogens is 1. The van der Waals surface area contributed by atoms with Crippen LogP contribution in [0.3, 0.4) is 0 Å². The standard InChI is InChI=1S/C17H14BrNO4/c1-8(20)9-4-5-10(18)13-15(9)19-16-12(23-3)7-6-11(22-2)14(16)17(13)21/h4-7H,1-3H3,(H,19,21). The number of halogens is 1. The maximum atomic E-state index is 13.0. The molecule has 0 bridgehead atoms. The van der Waals surface area contributed by atoms with E-state index in [2.05, 4.69) is 20.9 Å². The lowest BCUT2D eigenvalue weighted by molar-refractivity contribution is 0.101. The van der Waals surface area contributed by atoms with Gasteiger partial charge in [0.15, 0.2) is 5.78 Å². The SMILES string of the molecule is COc1ccc(OC)c2c(=O)c3c(Br)ccc(C(C)=O)c3[nH]c12. The molecule has 0 unspecified atom stereocenters. The molecule has 0 saturated heterocycles. The van der Waals surface area contributed by atoms with Gasteiger partial charge in [0.2, 0.25) is 5.43 Å². The van der Waals surface area contributed by atoms with Gasteiger partial charge < -0.3 is 14.5 Å². The van der Waals surface area contributed by atoms with E-state index in [1.807, 2.05) is 0 Å². The lowest BCUT2D eigenvalue weighted by atomic mass is 10.0. The monoisotopic (exact) mass is 375 g/mol. The van der Waals surface area contributed by atoms with Gasteiger partial charge in [0, 0.05) is 10.0 Å². The van der Waals surface area contributed by atoms with Crippen LogP contribution in [0.25, 0.3) is 21.8 Å². The molecule has 1 N–H and O–H groups in total. The summed E-state index contributed by atoms with van der Waals surface area (Å²) in [5.41, 5.74) is 1.22. The molecule has 5 nitrogen and oxygen atoms in total. The molecule has 0 atom stereocenters. The zero-order valence-corrected chi connectivity index (χ0v) is 14.4. The second-order valence-electron chi connectivity index (χ2n) is 5.08. The molecule has 3 rings (SSSR count). The molecule has 1 heterocycles. The number of ether oxygens (including phenoxy) is 2. The maximum absolute atomic E-state index is 13.0. The highest BCUT2D eigenvalue weighted by molar-refractivity contribution is 9.10. The Morgan fingerprint density at radius 3 is 2.26 bits per heavy atom. The Morgan fingerprint density at radius 2 is 1.65 bits per heavy atom. The minimum atomic E-state index is -0.223. The lowest BCUT2D eigenvalue weighted by Gasteiger charge is -2.12. The molecule has 0 aliphatic rings. The first kappa shape index (κ1) is 15.6. The molecule has 0 aliphatic heterocycles. The van der Waals surface area contributed by atoms with Gasteiger partial charge in [-0.05, 0) is 47.1 Å². The number of Topliss-reactive ketones (excluding diaryl/α,β-unsaturated/α-hetero) is 1.